The Labute approximate surface area is 150 Å². The molecule has 0 atom stereocenters. The van der Waals surface area contributed by atoms with Crippen molar-refractivity contribution in [2.45, 2.75) is 26.3 Å². The Bertz CT molecular complexity index is 623. The van der Waals surface area contributed by atoms with Crippen LogP contribution in [-0.4, -0.2) is 59.9 Å². The normalized spacial score (nSPS) is 16.1. The smallest absolute Gasteiger partial charge is 0.255 e. The van der Waals surface area contributed by atoms with E-state index in [-0.39, 0.29) is 17.4 Å². The number of halogens is 2. The van der Waals surface area contributed by atoms with Crippen molar-refractivity contribution >= 4 is 27.7 Å². The second kappa shape index (κ2) is 7.61. The highest BCUT2D eigenvalue weighted by atomic mass is 79.9. The zero-order chi connectivity index (χ0) is 17.9. The monoisotopic (exact) mass is 399 g/mol. The van der Waals surface area contributed by atoms with E-state index in [1.54, 1.807) is 4.90 Å². The van der Waals surface area contributed by atoms with Crippen LogP contribution in [-0.2, 0) is 4.79 Å². The number of hydrogen-bond donors (Lipinski definition) is 1. The number of nitrogens with zero attached hydrogens (tertiary/aromatic N) is 2. The van der Waals surface area contributed by atoms with Gasteiger partial charge in [-0.2, -0.15) is 0 Å². The second-order valence-corrected chi connectivity index (χ2v) is 7.85. The molecule has 1 N–H and O–H groups in total. The number of nitrogens with one attached hydrogen (secondary N) is 1. The summed E-state index contributed by atoms with van der Waals surface area (Å²) >= 11 is 3.29. The molecule has 0 aliphatic carbocycles. The molecule has 1 saturated heterocycles. The molecule has 1 heterocycles. The van der Waals surface area contributed by atoms with Crippen LogP contribution in [0.3, 0.4) is 0 Å². The number of hydrogen-bond acceptors (Lipinski definition) is 3. The van der Waals surface area contributed by atoms with Crippen molar-refractivity contribution in [2.75, 3.05) is 32.7 Å². The summed E-state index contributed by atoms with van der Waals surface area (Å²) in [5.74, 6) is -0.644. The first-order valence-electron chi connectivity index (χ1n) is 7.93. The van der Waals surface area contributed by atoms with E-state index in [0.717, 1.165) is 0 Å². The summed E-state index contributed by atoms with van der Waals surface area (Å²) in [6.07, 6.45) is 0. The third kappa shape index (κ3) is 5.27. The number of benzene rings is 1. The lowest BCUT2D eigenvalue weighted by Gasteiger charge is -2.35. The van der Waals surface area contributed by atoms with Crippen molar-refractivity contribution in [3.05, 3.63) is 34.1 Å². The van der Waals surface area contributed by atoms with E-state index in [4.69, 9.17) is 0 Å². The molecule has 0 aromatic heterocycles. The molecule has 0 saturated carbocycles. The molecule has 132 valence electrons. The summed E-state index contributed by atoms with van der Waals surface area (Å²) in [6.45, 7) is 8.43. The molecule has 0 spiro atoms. The maximum Gasteiger partial charge on any atom is 0.255 e. The Balaban J connectivity index is 1.89. The maximum absolute atomic E-state index is 13.4. The van der Waals surface area contributed by atoms with Gasteiger partial charge in [0.05, 0.1) is 12.1 Å². The van der Waals surface area contributed by atoms with E-state index in [2.05, 4.69) is 21.2 Å². The quantitative estimate of drug-likeness (QED) is 0.847. The van der Waals surface area contributed by atoms with Crippen LogP contribution in [0, 0.1) is 5.82 Å². The van der Waals surface area contributed by atoms with E-state index in [9.17, 15) is 14.0 Å². The van der Waals surface area contributed by atoms with Crippen molar-refractivity contribution in [3.8, 4) is 0 Å². The minimum Gasteiger partial charge on any atom is -0.350 e. The predicted molar refractivity (Wildman–Crippen MR) is 94.3 cm³/mol. The Kier molecular flexibility index (Phi) is 5.98. The highest BCUT2D eigenvalue weighted by Gasteiger charge is 2.25. The Morgan fingerprint density at radius 2 is 1.83 bits per heavy atom. The van der Waals surface area contributed by atoms with Crippen LogP contribution >= 0.6 is 15.9 Å². The van der Waals surface area contributed by atoms with E-state index in [1.165, 1.54) is 18.2 Å². The topological polar surface area (TPSA) is 52.7 Å². The van der Waals surface area contributed by atoms with Gasteiger partial charge >= 0.3 is 0 Å². The fourth-order valence-corrected chi connectivity index (χ4v) is 3.02. The van der Waals surface area contributed by atoms with Gasteiger partial charge in [0.1, 0.15) is 5.82 Å². The van der Waals surface area contributed by atoms with Gasteiger partial charge in [-0.05, 0) is 54.9 Å². The van der Waals surface area contributed by atoms with Gasteiger partial charge in [-0.25, -0.2) is 4.39 Å². The molecule has 0 bridgehead atoms. The molecule has 1 aromatic carbocycles. The average Bonchev–Trinajstić information content (AvgIpc) is 2.48. The van der Waals surface area contributed by atoms with E-state index < -0.39 is 5.82 Å². The van der Waals surface area contributed by atoms with Crippen molar-refractivity contribution < 1.29 is 14.0 Å². The molecule has 7 heteroatoms. The largest absolute Gasteiger partial charge is 0.350 e. The van der Waals surface area contributed by atoms with Gasteiger partial charge in [-0.15, -0.1) is 0 Å². The van der Waals surface area contributed by atoms with Gasteiger partial charge in [-0.1, -0.05) is 0 Å². The SMILES string of the molecule is CC(C)(C)NC(=O)CN1CCN(C(=O)c2cc(F)ccc2Br)CC1. The van der Waals surface area contributed by atoms with Gasteiger partial charge in [0.25, 0.3) is 5.91 Å². The lowest BCUT2D eigenvalue weighted by Crippen LogP contribution is -2.52. The van der Waals surface area contributed by atoms with E-state index in [0.29, 0.717) is 42.8 Å². The van der Waals surface area contributed by atoms with Crippen LogP contribution in [0.15, 0.2) is 22.7 Å². The predicted octanol–water partition coefficient (Wildman–Crippen LogP) is 2.26. The molecule has 1 aliphatic rings. The molecule has 0 radical (unpaired) electrons. The molecular formula is C17H23BrFN3O2. The first-order chi connectivity index (χ1) is 11.2. The molecule has 1 aromatic rings. The third-order valence-corrected chi connectivity index (χ3v) is 4.39. The highest BCUT2D eigenvalue weighted by Crippen LogP contribution is 2.20. The number of piperazine rings is 1. The molecular weight excluding hydrogens is 377 g/mol. The fourth-order valence-electron chi connectivity index (χ4n) is 2.60. The van der Waals surface area contributed by atoms with Crippen LogP contribution in [0.5, 0.6) is 0 Å². The lowest BCUT2D eigenvalue weighted by molar-refractivity contribution is -0.124. The first-order valence-corrected chi connectivity index (χ1v) is 8.73. The molecule has 0 unspecified atom stereocenters. The highest BCUT2D eigenvalue weighted by molar-refractivity contribution is 9.10. The maximum atomic E-state index is 13.4. The van der Waals surface area contributed by atoms with Crippen LogP contribution in [0.2, 0.25) is 0 Å². The number of rotatable bonds is 3. The fraction of sp³-hybridized carbons (Fsp3) is 0.529. The molecule has 2 rings (SSSR count). The zero-order valence-corrected chi connectivity index (χ0v) is 15.8. The summed E-state index contributed by atoms with van der Waals surface area (Å²) in [5, 5.41) is 2.93. The van der Waals surface area contributed by atoms with E-state index >= 15 is 0 Å². The summed E-state index contributed by atoms with van der Waals surface area (Å²) in [4.78, 5) is 28.2. The molecule has 5 nitrogen and oxygen atoms in total. The summed E-state index contributed by atoms with van der Waals surface area (Å²) in [5.41, 5.74) is 0.0763. The zero-order valence-electron chi connectivity index (χ0n) is 14.2. The minimum absolute atomic E-state index is 0.0184. The summed E-state index contributed by atoms with van der Waals surface area (Å²) < 4.78 is 14.0. The minimum atomic E-state index is -0.431. The number of amides is 2. The Morgan fingerprint density at radius 3 is 2.42 bits per heavy atom. The second-order valence-electron chi connectivity index (χ2n) is 6.99. The lowest BCUT2D eigenvalue weighted by atomic mass is 10.1. The average molecular weight is 400 g/mol. The third-order valence-electron chi connectivity index (χ3n) is 3.70. The van der Waals surface area contributed by atoms with Crippen molar-refractivity contribution in [1.29, 1.82) is 0 Å². The molecule has 2 amide bonds. The van der Waals surface area contributed by atoms with Crippen molar-refractivity contribution in [3.63, 3.8) is 0 Å². The molecule has 1 fully saturated rings. The van der Waals surface area contributed by atoms with Gasteiger partial charge < -0.3 is 10.2 Å². The number of carbonyl (C=O) groups is 2. The van der Waals surface area contributed by atoms with Crippen LogP contribution in [0.25, 0.3) is 0 Å². The van der Waals surface area contributed by atoms with Crippen molar-refractivity contribution in [2.24, 2.45) is 0 Å². The van der Waals surface area contributed by atoms with Crippen molar-refractivity contribution in [1.82, 2.24) is 15.1 Å². The van der Waals surface area contributed by atoms with Crippen LogP contribution in [0.4, 0.5) is 4.39 Å². The molecule has 1 aliphatic heterocycles. The Hall–Kier alpha value is -1.47. The summed E-state index contributed by atoms with van der Waals surface area (Å²) in [6, 6.07) is 4.10. The van der Waals surface area contributed by atoms with E-state index in [1.807, 2.05) is 25.7 Å². The van der Waals surface area contributed by atoms with Crippen LogP contribution < -0.4 is 5.32 Å². The molecule has 24 heavy (non-hydrogen) atoms. The summed E-state index contributed by atoms with van der Waals surface area (Å²) in [7, 11) is 0. The Morgan fingerprint density at radius 1 is 1.21 bits per heavy atom. The van der Waals surface area contributed by atoms with Gasteiger partial charge in [-0.3, -0.25) is 14.5 Å². The van der Waals surface area contributed by atoms with Gasteiger partial charge in [0.15, 0.2) is 0 Å². The van der Waals surface area contributed by atoms with Crippen LogP contribution in [0.1, 0.15) is 31.1 Å². The van der Waals surface area contributed by atoms with Gasteiger partial charge in [0, 0.05) is 36.2 Å². The van der Waals surface area contributed by atoms with Gasteiger partial charge in [0.2, 0.25) is 5.91 Å². The number of carbonyl (C=O) groups excluding carboxylic acids is 2. The standard InChI is InChI=1S/C17H23BrFN3O2/c1-17(2,3)20-15(23)11-21-6-8-22(9-7-21)16(24)13-10-12(19)4-5-14(13)18/h4-5,10H,6-9,11H2,1-3H3,(H,20,23). The first kappa shape index (κ1) is 18.9.